The van der Waals surface area contributed by atoms with Crippen LogP contribution in [-0.4, -0.2) is 15.7 Å². The number of carbonyl (C=O) groups is 1. The Kier molecular flexibility index (Phi) is 2.38. The van der Waals surface area contributed by atoms with Crippen LogP contribution in [-0.2, 0) is 6.54 Å². The predicted molar refractivity (Wildman–Crippen MR) is 57.4 cm³/mol. The molecule has 1 aliphatic heterocycles. The molecule has 1 unspecified atom stereocenters. The molecule has 0 saturated heterocycles. The highest BCUT2D eigenvalue weighted by atomic mass is 16.1. The van der Waals surface area contributed by atoms with Gasteiger partial charge in [0.25, 0.3) is 5.91 Å². The molecule has 2 heterocycles. The van der Waals surface area contributed by atoms with Gasteiger partial charge in [0.15, 0.2) is 5.69 Å². The fourth-order valence-electron chi connectivity index (χ4n) is 2.21. The van der Waals surface area contributed by atoms with Crippen molar-refractivity contribution in [1.29, 1.82) is 0 Å². The third-order valence-electron chi connectivity index (χ3n) is 2.99. The minimum atomic E-state index is -0.541. The molecule has 0 aliphatic carbocycles. The van der Waals surface area contributed by atoms with Crippen LogP contribution in [0.1, 0.15) is 48.3 Å². The molecule has 1 atom stereocenters. The zero-order chi connectivity index (χ0) is 11.0. The lowest BCUT2D eigenvalue weighted by molar-refractivity contribution is 0.0995. The summed E-state index contributed by atoms with van der Waals surface area (Å²) in [6, 6.07) is 0. The Hall–Kier alpha value is -1.52. The summed E-state index contributed by atoms with van der Waals surface area (Å²) in [6.45, 7) is 2.94. The molecule has 1 amide bonds. The zero-order valence-corrected chi connectivity index (χ0v) is 8.86. The number of rotatable bonds is 1. The fraction of sp³-hybridized carbons (Fsp3) is 0.600. The SMILES string of the molecule is CC1CCCCn2nc(C(N)=O)c(N)c21. The van der Waals surface area contributed by atoms with Crippen molar-refractivity contribution in [2.45, 2.75) is 38.6 Å². The molecule has 15 heavy (non-hydrogen) atoms. The topological polar surface area (TPSA) is 86.9 Å². The van der Waals surface area contributed by atoms with Crippen molar-refractivity contribution < 1.29 is 4.79 Å². The molecule has 0 aromatic carbocycles. The van der Waals surface area contributed by atoms with Crippen molar-refractivity contribution in [3.8, 4) is 0 Å². The first-order chi connectivity index (χ1) is 7.11. The molecule has 0 fully saturated rings. The number of fused-ring (bicyclic) bond motifs is 1. The van der Waals surface area contributed by atoms with Crippen LogP contribution in [0, 0.1) is 0 Å². The Balaban J connectivity index is 2.51. The molecule has 1 aromatic rings. The monoisotopic (exact) mass is 208 g/mol. The predicted octanol–water partition coefficient (Wildman–Crippen LogP) is 0.852. The normalized spacial score (nSPS) is 20.7. The molecule has 0 radical (unpaired) electrons. The lowest BCUT2D eigenvalue weighted by atomic mass is 10.0. The molecular formula is C10H16N4O. The van der Waals surface area contributed by atoms with Crippen molar-refractivity contribution in [3.63, 3.8) is 0 Å². The number of hydrogen-bond donors (Lipinski definition) is 2. The van der Waals surface area contributed by atoms with Crippen LogP contribution in [0.15, 0.2) is 0 Å². The summed E-state index contributed by atoms with van der Waals surface area (Å²) >= 11 is 0. The van der Waals surface area contributed by atoms with E-state index in [0.29, 0.717) is 11.6 Å². The average molecular weight is 208 g/mol. The van der Waals surface area contributed by atoms with E-state index in [-0.39, 0.29) is 5.69 Å². The summed E-state index contributed by atoms with van der Waals surface area (Å²) in [7, 11) is 0. The lowest BCUT2D eigenvalue weighted by Crippen LogP contribution is -2.14. The summed E-state index contributed by atoms with van der Waals surface area (Å²) < 4.78 is 1.84. The summed E-state index contributed by atoms with van der Waals surface area (Å²) in [4.78, 5) is 11.1. The van der Waals surface area contributed by atoms with Crippen molar-refractivity contribution in [1.82, 2.24) is 9.78 Å². The van der Waals surface area contributed by atoms with Gasteiger partial charge in [0, 0.05) is 12.5 Å². The zero-order valence-electron chi connectivity index (χ0n) is 8.86. The maximum atomic E-state index is 11.1. The second-order valence-corrected chi connectivity index (χ2v) is 4.13. The molecule has 2 rings (SSSR count). The number of amides is 1. The van der Waals surface area contributed by atoms with Gasteiger partial charge in [-0.1, -0.05) is 13.3 Å². The van der Waals surface area contributed by atoms with E-state index in [1.165, 1.54) is 6.42 Å². The number of aryl methyl sites for hydroxylation is 1. The average Bonchev–Trinajstić information content (AvgIpc) is 2.38. The van der Waals surface area contributed by atoms with Crippen molar-refractivity contribution in [2.75, 3.05) is 5.73 Å². The molecule has 5 heteroatoms. The highest BCUT2D eigenvalue weighted by Gasteiger charge is 2.24. The first-order valence-corrected chi connectivity index (χ1v) is 5.27. The van der Waals surface area contributed by atoms with Gasteiger partial charge in [0.2, 0.25) is 0 Å². The Bertz CT molecular complexity index is 396. The summed E-state index contributed by atoms with van der Waals surface area (Å²) in [6.07, 6.45) is 3.35. The Morgan fingerprint density at radius 2 is 2.27 bits per heavy atom. The molecule has 0 bridgehead atoms. The van der Waals surface area contributed by atoms with Crippen LogP contribution in [0.5, 0.6) is 0 Å². The molecular weight excluding hydrogens is 192 g/mol. The van der Waals surface area contributed by atoms with Gasteiger partial charge in [-0.3, -0.25) is 9.48 Å². The second kappa shape index (κ2) is 3.56. The van der Waals surface area contributed by atoms with Gasteiger partial charge in [-0.15, -0.1) is 0 Å². The van der Waals surface area contributed by atoms with Gasteiger partial charge < -0.3 is 11.5 Å². The summed E-state index contributed by atoms with van der Waals surface area (Å²) in [5.74, 6) is -0.187. The molecule has 1 aliphatic rings. The lowest BCUT2D eigenvalue weighted by Gasteiger charge is -2.09. The van der Waals surface area contributed by atoms with Gasteiger partial charge in [-0.05, 0) is 12.8 Å². The Labute approximate surface area is 88.4 Å². The molecule has 0 spiro atoms. The van der Waals surface area contributed by atoms with Gasteiger partial charge in [0.05, 0.1) is 11.4 Å². The van der Waals surface area contributed by atoms with Gasteiger partial charge in [-0.2, -0.15) is 5.10 Å². The number of hydrogen-bond acceptors (Lipinski definition) is 3. The first-order valence-electron chi connectivity index (χ1n) is 5.27. The molecule has 4 N–H and O–H groups in total. The highest BCUT2D eigenvalue weighted by molar-refractivity contribution is 5.96. The number of carbonyl (C=O) groups excluding carboxylic acids is 1. The van der Waals surface area contributed by atoms with Crippen LogP contribution in [0.2, 0.25) is 0 Å². The molecule has 5 nitrogen and oxygen atoms in total. The second-order valence-electron chi connectivity index (χ2n) is 4.13. The van der Waals surface area contributed by atoms with Crippen molar-refractivity contribution in [2.24, 2.45) is 5.73 Å². The third-order valence-corrected chi connectivity index (χ3v) is 2.99. The smallest absolute Gasteiger partial charge is 0.271 e. The van der Waals surface area contributed by atoms with Crippen LogP contribution in [0.4, 0.5) is 5.69 Å². The Morgan fingerprint density at radius 3 is 2.93 bits per heavy atom. The van der Waals surface area contributed by atoms with E-state index in [1.54, 1.807) is 0 Å². The highest BCUT2D eigenvalue weighted by Crippen LogP contribution is 2.31. The quantitative estimate of drug-likeness (QED) is 0.717. The summed E-state index contributed by atoms with van der Waals surface area (Å²) in [5.41, 5.74) is 12.8. The maximum absolute atomic E-state index is 11.1. The Morgan fingerprint density at radius 1 is 1.53 bits per heavy atom. The van der Waals surface area contributed by atoms with Crippen LogP contribution in [0.25, 0.3) is 0 Å². The van der Waals surface area contributed by atoms with E-state index < -0.39 is 5.91 Å². The van der Waals surface area contributed by atoms with E-state index in [1.807, 2.05) is 4.68 Å². The van der Waals surface area contributed by atoms with Gasteiger partial charge >= 0.3 is 0 Å². The van der Waals surface area contributed by atoms with E-state index in [4.69, 9.17) is 11.5 Å². The number of nitrogen functional groups attached to an aromatic ring is 1. The minimum absolute atomic E-state index is 0.221. The summed E-state index contributed by atoms with van der Waals surface area (Å²) in [5, 5.41) is 4.18. The standard InChI is InChI=1S/C10H16N4O/c1-6-4-2-3-5-14-9(6)7(11)8(13-14)10(12)15/h6H,2-5,11H2,1H3,(H2,12,15). The molecule has 1 aromatic heterocycles. The number of nitrogens with two attached hydrogens (primary N) is 2. The largest absolute Gasteiger partial charge is 0.395 e. The molecule has 82 valence electrons. The number of aromatic nitrogens is 2. The van der Waals surface area contributed by atoms with Crippen LogP contribution in [0.3, 0.4) is 0 Å². The first kappa shape index (κ1) is 10.0. The van der Waals surface area contributed by atoms with Crippen molar-refractivity contribution >= 4 is 11.6 Å². The van der Waals surface area contributed by atoms with Crippen molar-refractivity contribution in [3.05, 3.63) is 11.4 Å². The van der Waals surface area contributed by atoms with E-state index in [0.717, 1.165) is 25.1 Å². The maximum Gasteiger partial charge on any atom is 0.271 e. The number of primary amides is 1. The number of nitrogens with zero attached hydrogens (tertiary/aromatic N) is 2. The van der Waals surface area contributed by atoms with Crippen LogP contribution >= 0.6 is 0 Å². The third kappa shape index (κ3) is 1.58. The number of anilines is 1. The fourth-order valence-corrected chi connectivity index (χ4v) is 2.21. The van der Waals surface area contributed by atoms with Gasteiger partial charge in [0.1, 0.15) is 0 Å². The van der Waals surface area contributed by atoms with E-state index in [9.17, 15) is 4.79 Å². The molecule has 0 saturated carbocycles. The van der Waals surface area contributed by atoms with Crippen LogP contribution < -0.4 is 11.5 Å². The van der Waals surface area contributed by atoms with E-state index >= 15 is 0 Å². The van der Waals surface area contributed by atoms with Gasteiger partial charge in [-0.25, -0.2) is 0 Å². The minimum Gasteiger partial charge on any atom is -0.395 e. The van der Waals surface area contributed by atoms with E-state index in [2.05, 4.69) is 12.0 Å².